The van der Waals surface area contributed by atoms with E-state index in [0.29, 0.717) is 10.1 Å². The van der Waals surface area contributed by atoms with Crippen molar-refractivity contribution in [3.05, 3.63) is 40.9 Å². The summed E-state index contributed by atoms with van der Waals surface area (Å²) in [5.74, 6) is 0. The minimum absolute atomic E-state index is 0.255. The van der Waals surface area contributed by atoms with E-state index < -0.39 is 0 Å². The topological polar surface area (TPSA) is 36.4 Å². The summed E-state index contributed by atoms with van der Waals surface area (Å²) in [5.41, 5.74) is 6.42. The highest BCUT2D eigenvalue weighted by molar-refractivity contribution is 7.80. The van der Waals surface area contributed by atoms with E-state index in [0.717, 1.165) is 24.2 Å². The zero-order valence-corrected chi connectivity index (χ0v) is 14.1. The fourth-order valence-corrected chi connectivity index (χ4v) is 2.87. The molecule has 0 aromatic heterocycles. The van der Waals surface area contributed by atoms with Gasteiger partial charge in [-0.1, -0.05) is 31.0 Å². The molecule has 0 fully saturated rings. The largest absolute Gasteiger partial charge is 0.331 e. The Kier molecular flexibility index (Phi) is 5.01. The number of hydrogen-bond acceptors (Lipinski definition) is 2. The van der Waals surface area contributed by atoms with Crippen molar-refractivity contribution in [3.63, 3.8) is 0 Å². The highest BCUT2D eigenvalue weighted by atomic mass is 35.5. The second-order valence-electron chi connectivity index (χ2n) is 6.18. The van der Waals surface area contributed by atoms with Crippen LogP contribution in [0.1, 0.15) is 33.6 Å². The fraction of sp³-hybridized carbons (Fsp3) is 0.375. The van der Waals surface area contributed by atoms with Crippen molar-refractivity contribution in [2.75, 3.05) is 5.32 Å². The Morgan fingerprint density at radius 2 is 1.90 bits per heavy atom. The van der Waals surface area contributed by atoms with Crippen LogP contribution in [-0.4, -0.2) is 10.8 Å². The standard InChI is InChI=1S/C16H20ClN3S/c1-11-8-14(10-16(2,3)9-11)19-20-15(21)18-13-6-4-12(17)5-7-13/h4-8H,9-10H2,1-3H3,(H2,18,20,21)/b19-14+. The normalized spacial score (nSPS) is 19.0. The molecule has 0 radical (unpaired) electrons. The summed E-state index contributed by atoms with van der Waals surface area (Å²) < 4.78 is 0. The van der Waals surface area contributed by atoms with Gasteiger partial charge in [0.1, 0.15) is 0 Å². The molecule has 0 amide bonds. The van der Waals surface area contributed by atoms with Crippen molar-refractivity contribution in [2.24, 2.45) is 10.5 Å². The minimum Gasteiger partial charge on any atom is -0.331 e. The van der Waals surface area contributed by atoms with E-state index in [9.17, 15) is 0 Å². The molecule has 3 nitrogen and oxygen atoms in total. The van der Waals surface area contributed by atoms with Crippen LogP contribution in [0.25, 0.3) is 0 Å². The summed E-state index contributed by atoms with van der Waals surface area (Å²) >= 11 is 11.1. The third-order valence-corrected chi connectivity index (χ3v) is 3.68. The Labute approximate surface area is 136 Å². The monoisotopic (exact) mass is 321 g/mol. The van der Waals surface area contributed by atoms with Crippen LogP contribution in [0, 0.1) is 5.41 Å². The number of hydrazone groups is 1. The van der Waals surface area contributed by atoms with Gasteiger partial charge in [0.15, 0.2) is 5.11 Å². The molecule has 0 heterocycles. The van der Waals surface area contributed by atoms with Crippen molar-refractivity contribution in [3.8, 4) is 0 Å². The predicted octanol–water partition coefficient (Wildman–Crippen LogP) is 4.75. The van der Waals surface area contributed by atoms with Crippen LogP contribution in [-0.2, 0) is 0 Å². The van der Waals surface area contributed by atoms with E-state index in [1.807, 2.05) is 24.3 Å². The first-order valence-corrected chi connectivity index (χ1v) is 7.69. The second kappa shape index (κ2) is 6.58. The van der Waals surface area contributed by atoms with E-state index in [4.69, 9.17) is 23.8 Å². The van der Waals surface area contributed by atoms with Gasteiger partial charge in [0, 0.05) is 10.7 Å². The van der Waals surface area contributed by atoms with Crippen LogP contribution in [0.15, 0.2) is 41.0 Å². The van der Waals surface area contributed by atoms with Crippen molar-refractivity contribution >= 4 is 40.3 Å². The zero-order chi connectivity index (χ0) is 15.5. The summed E-state index contributed by atoms with van der Waals surface area (Å²) in [6.45, 7) is 6.65. The Bertz CT molecular complexity index is 588. The lowest BCUT2D eigenvalue weighted by Crippen LogP contribution is -2.27. The predicted molar refractivity (Wildman–Crippen MR) is 95.0 cm³/mol. The average molecular weight is 322 g/mol. The number of halogens is 1. The fourth-order valence-electron chi connectivity index (χ4n) is 2.58. The second-order valence-corrected chi connectivity index (χ2v) is 7.03. The van der Waals surface area contributed by atoms with Gasteiger partial charge in [-0.2, -0.15) is 5.10 Å². The molecule has 1 aliphatic rings. The lowest BCUT2D eigenvalue weighted by molar-refractivity contribution is 0.373. The maximum Gasteiger partial charge on any atom is 0.191 e. The van der Waals surface area contributed by atoms with Gasteiger partial charge < -0.3 is 5.32 Å². The van der Waals surface area contributed by atoms with Crippen LogP contribution in [0.5, 0.6) is 0 Å². The molecule has 1 aromatic rings. The van der Waals surface area contributed by atoms with Gasteiger partial charge in [0.2, 0.25) is 0 Å². The molecule has 0 bridgehead atoms. The van der Waals surface area contributed by atoms with Gasteiger partial charge >= 0.3 is 0 Å². The summed E-state index contributed by atoms with van der Waals surface area (Å²) in [5, 5.41) is 8.65. The number of hydrogen-bond donors (Lipinski definition) is 2. The van der Waals surface area contributed by atoms with Crippen LogP contribution >= 0.6 is 23.8 Å². The maximum atomic E-state index is 5.85. The molecule has 0 saturated carbocycles. The lowest BCUT2D eigenvalue weighted by Gasteiger charge is -2.29. The van der Waals surface area contributed by atoms with Crippen molar-refractivity contribution in [2.45, 2.75) is 33.6 Å². The molecule has 0 spiro atoms. The molecular weight excluding hydrogens is 302 g/mol. The average Bonchev–Trinajstić information content (AvgIpc) is 2.37. The van der Waals surface area contributed by atoms with Gasteiger partial charge in [0.05, 0.1) is 5.71 Å². The van der Waals surface area contributed by atoms with Crippen LogP contribution in [0.2, 0.25) is 5.02 Å². The third kappa shape index (κ3) is 5.14. The molecule has 2 N–H and O–H groups in total. The number of benzene rings is 1. The van der Waals surface area contributed by atoms with E-state index in [2.05, 4.69) is 42.7 Å². The number of nitrogens with one attached hydrogen (secondary N) is 2. The number of anilines is 1. The van der Waals surface area contributed by atoms with Crippen molar-refractivity contribution in [1.29, 1.82) is 0 Å². The van der Waals surface area contributed by atoms with Gasteiger partial charge in [-0.05, 0) is 67.7 Å². The molecule has 0 saturated heterocycles. The highest BCUT2D eigenvalue weighted by Crippen LogP contribution is 2.33. The van der Waals surface area contributed by atoms with Gasteiger partial charge in [0.25, 0.3) is 0 Å². The SMILES string of the molecule is CC1=C/C(=N\NC(=S)Nc2ccc(Cl)cc2)CC(C)(C)C1. The van der Waals surface area contributed by atoms with E-state index in [-0.39, 0.29) is 5.41 Å². The first-order chi connectivity index (χ1) is 9.84. The third-order valence-electron chi connectivity index (χ3n) is 3.23. The van der Waals surface area contributed by atoms with Crippen molar-refractivity contribution in [1.82, 2.24) is 5.43 Å². The molecular formula is C16H20ClN3S. The molecule has 1 aliphatic carbocycles. The smallest absolute Gasteiger partial charge is 0.191 e. The Morgan fingerprint density at radius 3 is 2.52 bits per heavy atom. The first kappa shape index (κ1) is 16.0. The molecule has 112 valence electrons. The number of allylic oxidation sites excluding steroid dienone is 2. The van der Waals surface area contributed by atoms with E-state index in [1.165, 1.54) is 5.57 Å². The Hall–Kier alpha value is -1.39. The molecule has 1 aromatic carbocycles. The summed E-state index contributed by atoms with van der Waals surface area (Å²) in [6, 6.07) is 7.37. The summed E-state index contributed by atoms with van der Waals surface area (Å²) in [4.78, 5) is 0. The van der Waals surface area contributed by atoms with Crippen LogP contribution in [0.3, 0.4) is 0 Å². The zero-order valence-electron chi connectivity index (χ0n) is 12.5. The Balaban J connectivity index is 1.95. The number of thiocarbonyl (C=S) groups is 1. The van der Waals surface area contributed by atoms with Gasteiger partial charge in [-0.3, -0.25) is 5.43 Å². The van der Waals surface area contributed by atoms with Crippen LogP contribution < -0.4 is 10.7 Å². The highest BCUT2D eigenvalue weighted by Gasteiger charge is 2.24. The molecule has 5 heteroatoms. The molecule has 2 rings (SSSR count). The van der Waals surface area contributed by atoms with Crippen LogP contribution in [0.4, 0.5) is 5.69 Å². The van der Waals surface area contributed by atoms with Gasteiger partial charge in [-0.25, -0.2) is 0 Å². The number of nitrogens with zero attached hydrogens (tertiary/aromatic N) is 1. The molecule has 21 heavy (non-hydrogen) atoms. The lowest BCUT2D eigenvalue weighted by atomic mass is 9.77. The molecule has 0 aliphatic heterocycles. The summed E-state index contributed by atoms with van der Waals surface area (Å²) in [6.07, 6.45) is 4.18. The van der Waals surface area contributed by atoms with E-state index in [1.54, 1.807) is 0 Å². The Morgan fingerprint density at radius 1 is 1.24 bits per heavy atom. The number of rotatable bonds is 2. The summed E-state index contributed by atoms with van der Waals surface area (Å²) in [7, 11) is 0. The quantitative estimate of drug-likeness (QED) is 0.609. The minimum atomic E-state index is 0.255. The molecule has 0 atom stereocenters. The van der Waals surface area contributed by atoms with Gasteiger partial charge in [-0.15, -0.1) is 0 Å². The van der Waals surface area contributed by atoms with Crippen molar-refractivity contribution < 1.29 is 0 Å². The molecule has 0 unspecified atom stereocenters. The maximum absolute atomic E-state index is 5.85. The first-order valence-electron chi connectivity index (χ1n) is 6.90. The van der Waals surface area contributed by atoms with E-state index >= 15 is 0 Å².